The van der Waals surface area contributed by atoms with E-state index < -0.39 is 0 Å². The van der Waals surface area contributed by atoms with Gasteiger partial charge in [-0.15, -0.1) is 0 Å². The fourth-order valence-electron chi connectivity index (χ4n) is 2.03. The average Bonchev–Trinajstić information content (AvgIpc) is 2.38. The van der Waals surface area contributed by atoms with Crippen LogP contribution >= 0.6 is 11.6 Å². The molecular formula is C14H14ClFO2. The first-order chi connectivity index (χ1) is 8.69. The van der Waals surface area contributed by atoms with E-state index in [2.05, 4.69) is 0 Å². The molecule has 0 N–H and O–H groups in total. The molecule has 0 heterocycles. The summed E-state index contributed by atoms with van der Waals surface area (Å²) in [6.07, 6.45) is 2.78. The molecule has 1 aromatic rings. The van der Waals surface area contributed by atoms with Gasteiger partial charge in [0, 0.05) is 10.6 Å². The van der Waals surface area contributed by atoms with Gasteiger partial charge in [0.05, 0.1) is 19.8 Å². The van der Waals surface area contributed by atoms with Crippen molar-refractivity contribution >= 4 is 17.2 Å². The summed E-state index contributed by atoms with van der Waals surface area (Å²) in [6.45, 7) is 0. The second kappa shape index (κ2) is 5.44. The van der Waals surface area contributed by atoms with Gasteiger partial charge in [-0.3, -0.25) is 0 Å². The summed E-state index contributed by atoms with van der Waals surface area (Å²) in [7, 11) is 3.08. The number of ether oxygens (including phenoxy) is 2. The summed E-state index contributed by atoms with van der Waals surface area (Å²) in [4.78, 5) is 0. The largest absolute Gasteiger partial charge is 0.496 e. The maximum Gasteiger partial charge on any atom is 0.130 e. The monoisotopic (exact) mass is 268 g/mol. The summed E-state index contributed by atoms with van der Waals surface area (Å²) >= 11 is 6.16. The molecule has 0 unspecified atom stereocenters. The molecule has 18 heavy (non-hydrogen) atoms. The highest BCUT2D eigenvalue weighted by molar-refractivity contribution is 6.33. The van der Waals surface area contributed by atoms with Gasteiger partial charge in [-0.1, -0.05) is 17.7 Å². The smallest absolute Gasteiger partial charge is 0.130 e. The number of methoxy groups -OCH3 is 2. The first kappa shape index (κ1) is 13.0. The van der Waals surface area contributed by atoms with Crippen molar-refractivity contribution in [1.29, 1.82) is 0 Å². The van der Waals surface area contributed by atoms with Crippen molar-refractivity contribution in [2.75, 3.05) is 14.2 Å². The fraction of sp³-hybridized carbons (Fsp3) is 0.286. The maximum atomic E-state index is 14.0. The van der Waals surface area contributed by atoms with E-state index in [1.807, 2.05) is 0 Å². The molecule has 0 saturated carbocycles. The van der Waals surface area contributed by atoms with Crippen LogP contribution in [0.1, 0.15) is 18.4 Å². The normalized spacial score (nSPS) is 15.4. The van der Waals surface area contributed by atoms with Crippen molar-refractivity contribution in [3.05, 3.63) is 40.7 Å². The van der Waals surface area contributed by atoms with Gasteiger partial charge in [-0.2, -0.15) is 0 Å². The summed E-state index contributed by atoms with van der Waals surface area (Å²) < 4.78 is 24.6. The third kappa shape index (κ3) is 2.23. The highest BCUT2D eigenvalue weighted by Gasteiger charge is 2.23. The summed E-state index contributed by atoms with van der Waals surface area (Å²) in [5.41, 5.74) is 0.943. The Labute approximate surface area is 111 Å². The number of hydrogen-bond donors (Lipinski definition) is 0. The summed E-state index contributed by atoms with van der Waals surface area (Å²) in [6, 6.07) is 5.31. The van der Waals surface area contributed by atoms with Crippen LogP contribution in [0.4, 0.5) is 4.39 Å². The van der Waals surface area contributed by atoms with Crippen LogP contribution in [0, 0.1) is 0 Å². The molecule has 0 fully saturated rings. The lowest BCUT2D eigenvalue weighted by Crippen LogP contribution is -2.00. The molecule has 2 nitrogen and oxygen atoms in total. The van der Waals surface area contributed by atoms with Crippen LogP contribution in [0.15, 0.2) is 35.1 Å². The maximum absolute atomic E-state index is 14.0. The number of hydrogen-bond acceptors (Lipinski definition) is 2. The Morgan fingerprint density at radius 1 is 1.17 bits per heavy atom. The van der Waals surface area contributed by atoms with Gasteiger partial charge in [-0.25, -0.2) is 4.39 Å². The highest BCUT2D eigenvalue weighted by Crippen LogP contribution is 2.44. The first-order valence-electron chi connectivity index (χ1n) is 5.65. The van der Waals surface area contributed by atoms with Crippen molar-refractivity contribution < 1.29 is 13.9 Å². The first-order valence-corrected chi connectivity index (χ1v) is 6.03. The summed E-state index contributed by atoms with van der Waals surface area (Å²) in [5.74, 6) is 0.773. The van der Waals surface area contributed by atoms with Gasteiger partial charge in [0.1, 0.15) is 17.3 Å². The molecule has 0 amide bonds. The molecule has 1 aromatic carbocycles. The molecular weight excluding hydrogens is 255 g/mol. The molecule has 0 saturated heterocycles. The van der Waals surface area contributed by atoms with Gasteiger partial charge in [0.2, 0.25) is 0 Å². The van der Waals surface area contributed by atoms with Crippen molar-refractivity contribution in [3.63, 3.8) is 0 Å². The van der Waals surface area contributed by atoms with E-state index in [0.717, 1.165) is 0 Å². The van der Waals surface area contributed by atoms with Gasteiger partial charge < -0.3 is 9.47 Å². The Morgan fingerprint density at radius 3 is 2.28 bits per heavy atom. The molecule has 1 aliphatic carbocycles. The van der Waals surface area contributed by atoms with Crippen LogP contribution in [-0.4, -0.2) is 14.2 Å². The van der Waals surface area contributed by atoms with Crippen LogP contribution in [0.5, 0.6) is 11.5 Å². The van der Waals surface area contributed by atoms with E-state index in [0.29, 0.717) is 40.5 Å². The van der Waals surface area contributed by atoms with Gasteiger partial charge in [-0.05, 0) is 31.1 Å². The topological polar surface area (TPSA) is 18.5 Å². The van der Waals surface area contributed by atoms with Crippen molar-refractivity contribution in [1.82, 2.24) is 0 Å². The molecule has 2 rings (SSSR count). The van der Waals surface area contributed by atoms with Crippen molar-refractivity contribution in [2.45, 2.75) is 12.8 Å². The Morgan fingerprint density at radius 2 is 1.78 bits per heavy atom. The zero-order chi connectivity index (χ0) is 13.1. The van der Waals surface area contributed by atoms with E-state index in [9.17, 15) is 4.39 Å². The molecule has 96 valence electrons. The van der Waals surface area contributed by atoms with Crippen LogP contribution < -0.4 is 9.47 Å². The van der Waals surface area contributed by atoms with Crippen LogP contribution in [0.2, 0.25) is 0 Å². The molecule has 0 aromatic heterocycles. The van der Waals surface area contributed by atoms with E-state index in [-0.39, 0.29) is 5.83 Å². The van der Waals surface area contributed by atoms with Crippen molar-refractivity contribution in [2.24, 2.45) is 0 Å². The van der Waals surface area contributed by atoms with E-state index >= 15 is 0 Å². The molecule has 0 bridgehead atoms. The lowest BCUT2D eigenvalue weighted by atomic mass is 9.96. The Bertz CT molecular complexity index is 498. The summed E-state index contributed by atoms with van der Waals surface area (Å²) in [5, 5.41) is 0.498. The van der Waals surface area contributed by atoms with Crippen LogP contribution in [0.25, 0.3) is 5.57 Å². The second-order valence-corrected chi connectivity index (χ2v) is 4.36. The number of benzene rings is 1. The zero-order valence-corrected chi connectivity index (χ0v) is 11.1. The predicted octanol–water partition coefficient (Wildman–Crippen LogP) is 4.30. The Kier molecular flexibility index (Phi) is 3.92. The van der Waals surface area contributed by atoms with Gasteiger partial charge in [0.15, 0.2) is 0 Å². The second-order valence-electron chi connectivity index (χ2n) is 3.91. The number of rotatable bonds is 3. The molecule has 0 aliphatic heterocycles. The molecule has 0 atom stereocenters. The van der Waals surface area contributed by atoms with Crippen LogP contribution in [0.3, 0.4) is 0 Å². The third-order valence-corrected chi connectivity index (χ3v) is 3.25. The zero-order valence-electron chi connectivity index (χ0n) is 10.3. The minimum absolute atomic E-state index is 0.325. The third-order valence-electron chi connectivity index (χ3n) is 2.88. The molecule has 0 spiro atoms. The SMILES string of the molecule is COc1cccc(OC)c1C1=C(Cl)CCC=C1F. The lowest BCUT2D eigenvalue weighted by Gasteiger charge is -2.18. The fourth-order valence-corrected chi connectivity index (χ4v) is 2.33. The number of halogens is 2. The van der Waals surface area contributed by atoms with E-state index in [1.54, 1.807) is 18.2 Å². The molecule has 1 aliphatic rings. The van der Waals surface area contributed by atoms with Crippen molar-refractivity contribution in [3.8, 4) is 11.5 Å². The molecule has 0 radical (unpaired) electrons. The van der Waals surface area contributed by atoms with E-state index in [1.165, 1.54) is 20.3 Å². The lowest BCUT2D eigenvalue weighted by molar-refractivity contribution is 0.391. The number of allylic oxidation sites excluding steroid dienone is 4. The molecule has 4 heteroatoms. The van der Waals surface area contributed by atoms with Gasteiger partial charge in [0.25, 0.3) is 0 Å². The minimum atomic E-state index is -0.325. The predicted molar refractivity (Wildman–Crippen MR) is 70.7 cm³/mol. The quantitative estimate of drug-likeness (QED) is 0.814. The van der Waals surface area contributed by atoms with Gasteiger partial charge >= 0.3 is 0 Å². The average molecular weight is 269 g/mol. The Hall–Kier alpha value is -1.48. The highest BCUT2D eigenvalue weighted by atomic mass is 35.5. The minimum Gasteiger partial charge on any atom is -0.496 e. The van der Waals surface area contributed by atoms with Crippen LogP contribution in [-0.2, 0) is 0 Å². The van der Waals surface area contributed by atoms with E-state index in [4.69, 9.17) is 21.1 Å². The Balaban J connectivity index is 2.66. The standard InChI is InChI=1S/C14H14ClFO2/c1-17-11-7-4-8-12(18-2)14(11)13-9(15)5-3-6-10(13)16/h4,6-8H,3,5H2,1-2H3.